The van der Waals surface area contributed by atoms with Gasteiger partial charge in [-0.05, 0) is 61.7 Å². The van der Waals surface area contributed by atoms with E-state index in [1.807, 2.05) is 19.1 Å². The minimum Gasteiger partial charge on any atom is -0.429 e. The molecule has 0 bridgehead atoms. The Morgan fingerprint density at radius 3 is 2.14 bits per heavy atom. The summed E-state index contributed by atoms with van der Waals surface area (Å²) in [5.41, 5.74) is -2.00. The molecule has 0 saturated carbocycles. The van der Waals surface area contributed by atoms with Gasteiger partial charge in [-0.25, -0.2) is 17.6 Å². The molecule has 3 aromatic rings. The van der Waals surface area contributed by atoms with Crippen LogP contribution in [0.15, 0.2) is 72.8 Å². The Morgan fingerprint density at radius 1 is 0.884 bits per heavy atom. The van der Waals surface area contributed by atoms with E-state index in [-0.39, 0.29) is 11.5 Å². The molecule has 1 fully saturated rings. The molecule has 3 aromatic carbocycles. The highest BCUT2D eigenvalue weighted by molar-refractivity contribution is 5.66. The van der Waals surface area contributed by atoms with Gasteiger partial charge >= 0.3 is 18.2 Å². The van der Waals surface area contributed by atoms with E-state index in [0.717, 1.165) is 37.1 Å². The van der Waals surface area contributed by atoms with E-state index in [9.17, 15) is 39.5 Å². The fourth-order valence-corrected chi connectivity index (χ4v) is 4.25. The predicted octanol–water partition coefficient (Wildman–Crippen LogP) is 9.47. The Labute approximate surface area is 239 Å². The van der Waals surface area contributed by atoms with Gasteiger partial charge < -0.3 is 18.9 Å². The van der Waals surface area contributed by atoms with Crippen molar-refractivity contribution in [3.8, 4) is 22.6 Å². The molecule has 1 aliphatic heterocycles. The van der Waals surface area contributed by atoms with Crippen LogP contribution in [-0.4, -0.2) is 13.2 Å². The van der Waals surface area contributed by atoms with Crippen LogP contribution in [0.3, 0.4) is 0 Å². The van der Waals surface area contributed by atoms with E-state index in [1.54, 1.807) is 0 Å². The molecule has 0 aliphatic carbocycles. The van der Waals surface area contributed by atoms with Gasteiger partial charge in [0.05, 0.1) is 18.8 Å². The Balaban J connectivity index is 1.46. The minimum atomic E-state index is -4.27. The predicted molar refractivity (Wildman–Crippen MR) is 136 cm³/mol. The molecule has 1 saturated heterocycles. The first-order chi connectivity index (χ1) is 20.4. The maximum atomic E-state index is 14.9. The van der Waals surface area contributed by atoms with Crippen molar-refractivity contribution in [3.05, 3.63) is 107 Å². The average molecular weight is 618 g/mol. The number of rotatable bonds is 10. The van der Waals surface area contributed by atoms with Crippen LogP contribution in [0.25, 0.3) is 11.1 Å². The zero-order chi connectivity index (χ0) is 31.3. The zero-order valence-corrected chi connectivity index (χ0v) is 22.3. The number of hydrogen-bond acceptors (Lipinski definition) is 4. The standard InChI is InChI=1S/C30H23F9O4/c1-2-3-4-5-16-14-40-29(41-15-16)17-6-9-21(23(32)10-17)30(38,39)43-19-7-8-20(22(31)13-19)18-11-24(33)26(25(34)12-18)42-28(37)27(35)36/h2-3,6-13,16,29H,4-5,14-15H2,1H3. The lowest BCUT2D eigenvalue weighted by Gasteiger charge is -2.29. The summed E-state index contributed by atoms with van der Waals surface area (Å²) in [6.07, 6.45) is -2.58. The highest BCUT2D eigenvalue weighted by Gasteiger charge is 2.38. The quantitative estimate of drug-likeness (QED) is 0.129. The van der Waals surface area contributed by atoms with Crippen molar-refractivity contribution >= 4 is 0 Å². The van der Waals surface area contributed by atoms with Gasteiger partial charge in [-0.2, -0.15) is 22.0 Å². The van der Waals surface area contributed by atoms with E-state index in [2.05, 4.69) is 9.47 Å². The molecule has 0 radical (unpaired) electrons. The van der Waals surface area contributed by atoms with Crippen LogP contribution in [0.5, 0.6) is 11.5 Å². The molecule has 0 atom stereocenters. The Hall–Kier alpha value is -3.97. The van der Waals surface area contributed by atoms with Gasteiger partial charge in [-0.1, -0.05) is 18.2 Å². The van der Waals surface area contributed by atoms with Gasteiger partial charge in [0.25, 0.3) is 0 Å². The van der Waals surface area contributed by atoms with Crippen molar-refractivity contribution in [2.75, 3.05) is 13.2 Å². The second-order valence-electron chi connectivity index (χ2n) is 9.42. The molecule has 0 N–H and O–H groups in total. The van der Waals surface area contributed by atoms with Crippen LogP contribution >= 0.6 is 0 Å². The maximum absolute atomic E-state index is 14.9. The lowest BCUT2D eigenvalue weighted by atomic mass is 10.0. The van der Waals surface area contributed by atoms with Crippen molar-refractivity contribution in [2.24, 2.45) is 5.92 Å². The van der Waals surface area contributed by atoms with E-state index >= 15 is 0 Å². The summed E-state index contributed by atoms with van der Waals surface area (Å²) in [7, 11) is 0. The Kier molecular flexibility index (Phi) is 10.1. The van der Waals surface area contributed by atoms with Crippen LogP contribution in [0, 0.1) is 29.2 Å². The average Bonchev–Trinajstić information content (AvgIpc) is 2.95. The third-order valence-corrected chi connectivity index (χ3v) is 6.36. The molecule has 4 nitrogen and oxygen atoms in total. The Morgan fingerprint density at radius 2 is 1.56 bits per heavy atom. The van der Waals surface area contributed by atoms with Gasteiger partial charge in [0.15, 0.2) is 17.9 Å². The second kappa shape index (κ2) is 13.6. The second-order valence-corrected chi connectivity index (χ2v) is 9.42. The van der Waals surface area contributed by atoms with Gasteiger partial charge in [0, 0.05) is 23.1 Å². The van der Waals surface area contributed by atoms with Crippen molar-refractivity contribution < 1.29 is 58.5 Å². The molecule has 0 unspecified atom stereocenters. The first kappa shape index (κ1) is 32.0. The lowest BCUT2D eigenvalue weighted by molar-refractivity contribution is -0.206. The molecule has 0 amide bonds. The monoisotopic (exact) mass is 618 g/mol. The molecule has 13 heteroatoms. The maximum Gasteiger partial charge on any atom is 0.429 e. The highest BCUT2D eigenvalue weighted by Crippen LogP contribution is 2.38. The normalized spacial score (nSPS) is 17.3. The fourth-order valence-electron chi connectivity index (χ4n) is 4.25. The SMILES string of the molecule is CC=CCCC1COC(c2ccc(C(F)(F)Oc3ccc(-c4cc(F)c(OC(F)=C(F)F)c(F)c4)c(F)c3)c(F)c2)OC1. The summed E-state index contributed by atoms with van der Waals surface area (Å²) in [6.45, 7) is 2.60. The van der Waals surface area contributed by atoms with E-state index in [0.29, 0.717) is 31.4 Å². The third kappa shape index (κ3) is 7.71. The first-order valence-electron chi connectivity index (χ1n) is 12.8. The molecular formula is C30H23F9O4. The molecular weight excluding hydrogens is 595 g/mol. The molecule has 4 rings (SSSR count). The summed E-state index contributed by atoms with van der Waals surface area (Å²) in [5, 5.41) is 0. The van der Waals surface area contributed by atoms with Crippen molar-refractivity contribution in [2.45, 2.75) is 32.2 Å². The summed E-state index contributed by atoms with van der Waals surface area (Å²) < 4.78 is 145. The Bertz CT molecular complexity index is 1490. The van der Waals surface area contributed by atoms with E-state index in [4.69, 9.17) is 9.47 Å². The van der Waals surface area contributed by atoms with Gasteiger partial charge in [-0.15, -0.1) is 0 Å². The highest BCUT2D eigenvalue weighted by atomic mass is 19.3. The van der Waals surface area contributed by atoms with Gasteiger partial charge in [0.1, 0.15) is 17.4 Å². The molecule has 0 spiro atoms. The number of ether oxygens (including phenoxy) is 4. The molecule has 1 heterocycles. The smallest absolute Gasteiger partial charge is 0.429 e. The molecule has 230 valence electrons. The molecule has 43 heavy (non-hydrogen) atoms. The minimum absolute atomic E-state index is 0.132. The number of allylic oxidation sites excluding steroid dienone is 2. The summed E-state index contributed by atoms with van der Waals surface area (Å²) in [6, 6.07) is 3.29. The fraction of sp³-hybridized carbons (Fsp3) is 0.267. The van der Waals surface area contributed by atoms with Crippen LogP contribution in [0.1, 0.15) is 37.2 Å². The van der Waals surface area contributed by atoms with Gasteiger partial charge in [-0.3, -0.25) is 0 Å². The van der Waals surface area contributed by atoms with Crippen LogP contribution in [0.2, 0.25) is 0 Å². The summed E-state index contributed by atoms with van der Waals surface area (Å²) in [4.78, 5) is 0. The first-order valence-corrected chi connectivity index (χ1v) is 12.8. The largest absolute Gasteiger partial charge is 0.429 e. The number of hydrogen-bond donors (Lipinski definition) is 0. The summed E-state index contributed by atoms with van der Waals surface area (Å²) >= 11 is 0. The van der Waals surface area contributed by atoms with Crippen LogP contribution in [-0.2, 0) is 15.6 Å². The molecule has 1 aliphatic rings. The lowest BCUT2D eigenvalue weighted by Crippen LogP contribution is -2.27. The van der Waals surface area contributed by atoms with Crippen molar-refractivity contribution in [1.82, 2.24) is 0 Å². The topological polar surface area (TPSA) is 36.9 Å². The van der Waals surface area contributed by atoms with Crippen LogP contribution < -0.4 is 9.47 Å². The van der Waals surface area contributed by atoms with Crippen LogP contribution in [0.4, 0.5) is 39.5 Å². The van der Waals surface area contributed by atoms with E-state index in [1.165, 1.54) is 6.07 Å². The number of halogens is 9. The van der Waals surface area contributed by atoms with E-state index < -0.39 is 76.0 Å². The van der Waals surface area contributed by atoms with Crippen molar-refractivity contribution in [1.29, 1.82) is 0 Å². The zero-order valence-electron chi connectivity index (χ0n) is 22.3. The number of alkyl halides is 2. The van der Waals surface area contributed by atoms with Gasteiger partial charge in [0.2, 0.25) is 5.75 Å². The summed E-state index contributed by atoms with van der Waals surface area (Å²) in [5.74, 6) is -8.05. The molecule has 0 aromatic heterocycles. The third-order valence-electron chi connectivity index (χ3n) is 6.36. The van der Waals surface area contributed by atoms with Crippen molar-refractivity contribution in [3.63, 3.8) is 0 Å². The number of benzene rings is 3.